The van der Waals surface area contributed by atoms with Crippen molar-refractivity contribution in [3.05, 3.63) is 0 Å². The Balaban J connectivity index is 2.41. The van der Waals surface area contributed by atoms with Gasteiger partial charge in [0, 0.05) is 24.7 Å². The minimum Gasteiger partial charge on any atom is -0.396 e. The zero-order valence-corrected chi connectivity index (χ0v) is 12.0. The third kappa shape index (κ3) is 4.94. The molecule has 18 heavy (non-hydrogen) atoms. The van der Waals surface area contributed by atoms with E-state index in [1.165, 1.54) is 19.3 Å². The Morgan fingerprint density at radius 3 is 2.56 bits per heavy atom. The molecule has 4 heteroatoms. The van der Waals surface area contributed by atoms with Crippen molar-refractivity contribution >= 4 is 5.91 Å². The number of aliphatic hydroxyl groups is 1. The predicted molar refractivity (Wildman–Crippen MR) is 73.4 cm³/mol. The van der Waals surface area contributed by atoms with Crippen LogP contribution in [-0.4, -0.2) is 47.2 Å². The average Bonchev–Trinajstić information content (AvgIpc) is 2.22. The molecular weight excluding hydrogens is 228 g/mol. The number of hydrogen-bond donors (Lipinski definition) is 2. The lowest BCUT2D eigenvalue weighted by molar-refractivity contribution is -0.125. The third-order valence-corrected chi connectivity index (χ3v) is 3.90. The fraction of sp³-hybridized carbons (Fsp3) is 0.929. The van der Waals surface area contributed by atoms with E-state index in [9.17, 15) is 4.79 Å². The zero-order chi connectivity index (χ0) is 13.6. The molecule has 0 radical (unpaired) electrons. The van der Waals surface area contributed by atoms with Gasteiger partial charge >= 0.3 is 0 Å². The van der Waals surface area contributed by atoms with Gasteiger partial charge in [0.2, 0.25) is 5.91 Å². The van der Waals surface area contributed by atoms with E-state index in [1.807, 2.05) is 13.8 Å². The van der Waals surface area contributed by atoms with Gasteiger partial charge in [-0.3, -0.25) is 9.69 Å². The molecule has 0 aromatic carbocycles. The van der Waals surface area contributed by atoms with Crippen molar-refractivity contribution in [2.45, 2.75) is 64.5 Å². The van der Waals surface area contributed by atoms with E-state index < -0.39 is 0 Å². The molecular formula is C14H28N2O2. The number of rotatable bonds is 8. The first kappa shape index (κ1) is 15.4. The van der Waals surface area contributed by atoms with Gasteiger partial charge in [-0.2, -0.15) is 0 Å². The summed E-state index contributed by atoms with van der Waals surface area (Å²) in [6.45, 7) is 7.66. The third-order valence-electron chi connectivity index (χ3n) is 3.90. The van der Waals surface area contributed by atoms with Gasteiger partial charge in [-0.25, -0.2) is 0 Å². The number of carbonyl (C=O) groups is 1. The molecule has 0 aromatic heterocycles. The van der Waals surface area contributed by atoms with E-state index in [-0.39, 0.29) is 18.1 Å². The van der Waals surface area contributed by atoms with Crippen LogP contribution in [0.3, 0.4) is 0 Å². The van der Waals surface area contributed by atoms with E-state index in [1.54, 1.807) is 0 Å². The van der Waals surface area contributed by atoms with Crippen LogP contribution < -0.4 is 5.32 Å². The van der Waals surface area contributed by atoms with Gasteiger partial charge in [0.1, 0.15) is 0 Å². The first-order valence-electron chi connectivity index (χ1n) is 7.14. The number of carbonyl (C=O) groups excluding carboxylic acids is 1. The van der Waals surface area contributed by atoms with Crippen LogP contribution in [0.4, 0.5) is 0 Å². The number of nitrogens with zero attached hydrogens (tertiary/aromatic N) is 1. The molecule has 1 aliphatic rings. The molecule has 0 atom stereocenters. The molecule has 4 nitrogen and oxygen atoms in total. The summed E-state index contributed by atoms with van der Waals surface area (Å²) in [5.74, 6) is 0.103. The van der Waals surface area contributed by atoms with Gasteiger partial charge in [0.15, 0.2) is 0 Å². The largest absolute Gasteiger partial charge is 0.396 e. The van der Waals surface area contributed by atoms with Gasteiger partial charge in [-0.05, 0) is 39.5 Å². The molecule has 1 fully saturated rings. The monoisotopic (exact) mass is 256 g/mol. The van der Waals surface area contributed by atoms with Crippen molar-refractivity contribution in [1.82, 2.24) is 10.2 Å². The standard InChI is InChI=1S/C14H28N2O2/c1-4-14(2,3)15-13(18)11-16(9-6-10-17)12-7-5-8-12/h12,17H,4-11H2,1-3H3,(H,15,18). The summed E-state index contributed by atoms with van der Waals surface area (Å²) in [5.41, 5.74) is -0.126. The highest BCUT2D eigenvalue weighted by atomic mass is 16.3. The lowest BCUT2D eigenvalue weighted by atomic mass is 9.91. The van der Waals surface area contributed by atoms with Gasteiger partial charge in [-0.1, -0.05) is 13.3 Å². The van der Waals surface area contributed by atoms with Gasteiger partial charge < -0.3 is 10.4 Å². The normalized spacial score (nSPS) is 16.7. The highest BCUT2D eigenvalue weighted by Gasteiger charge is 2.27. The maximum absolute atomic E-state index is 12.0. The summed E-state index contributed by atoms with van der Waals surface area (Å²) in [4.78, 5) is 14.2. The Morgan fingerprint density at radius 1 is 1.44 bits per heavy atom. The Labute approximate surface area is 111 Å². The summed E-state index contributed by atoms with van der Waals surface area (Å²) in [7, 11) is 0. The Hall–Kier alpha value is -0.610. The van der Waals surface area contributed by atoms with Crippen LogP contribution in [0.25, 0.3) is 0 Å². The smallest absolute Gasteiger partial charge is 0.234 e. The molecule has 1 saturated carbocycles. The topological polar surface area (TPSA) is 52.6 Å². The lowest BCUT2D eigenvalue weighted by Crippen LogP contribution is -2.51. The van der Waals surface area contributed by atoms with Crippen molar-refractivity contribution in [3.63, 3.8) is 0 Å². The Morgan fingerprint density at radius 2 is 2.11 bits per heavy atom. The van der Waals surface area contributed by atoms with Crippen LogP contribution in [0.5, 0.6) is 0 Å². The second-order valence-electron chi connectivity index (χ2n) is 5.92. The number of amides is 1. The first-order chi connectivity index (χ1) is 8.48. The van der Waals surface area contributed by atoms with Crippen LogP contribution in [0.15, 0.2) is 0 Å². The highest BCUT2D eigenvalue weighted by molar-refractivity contribution is 5.78. The summed E-state index contributed by atoms with van der Waals surface area (Å²) < 4.78 is 0. The first-order valence-corrected chi connectivity index (χ1v) is 7.14. The maximum Gasteiger partial charge on any atom is 0.234 e. The molecule has 106 valence electrons. The van der Waals surface area contributed by atoms with Gasteiger partial charge in [-0.15, -0.1) is 0 Å². The predicted octanol–water partition coefficient (Wildman–Crippen LogP) is 1.53. The molecule has 1 amide bonds. The molecule has 0 saturated heterocycles. The van der Waals surface area contributed by atoms with Crippen LogP contribution in [0, 0.1) is 0 Å². The van der Waals surface area contributed by atoms with Crippen molar-refractivity contribution < 1.29 is 9.90 Å². The van der Waals surface area contributed by atoms with E-state index in [0.717, 1.165) is 19.4 Å². The number of aliphatic hydroxyl groups excluding tert-OH is 1. The molecule has 1 aliphatic carbocycles. The molecule has 1 rings (SSSR count). The zero-order valence-electron chi connectivity index (χ0n) is 12.0. The van der Waals surface area contributed by atoms with Gasteiger partial charge in [0.05, 0.1) is 6.54 Å². The second-order valence-corrected chi connectivity index (χ2v) is 5.92. The molecule has 0 bridgehead atoms. The van der Waals surface area contributed by atoms with Crippen LogP contribution in [-0.2, 0) is 4.79 Å². The molecule has 2 N–H and O–H groups in total. The van der Waals surface area contributed by atoms with E-state index in [4.69, 9.17) is 5.11 Å². The fourth-order valence-electron chi connectivity index (χ4n) is 2.11. The van der Waals surface area contributed by atoms with E-state index >= 15 is 0 Å². The minimum atomic E-state index is -0.126. The van der Waals surface area contributed by atoms with Crippen LogP contribution >= 0.6 is 0 Å². The second kappa shape index (κ2) is 7.10. The van der Waals surface area contributed by atoms with E-state index in [2.05, 4.69) is 17.1 Å². The SMILES string of the molecule is CCC(C)(C)NC(=O)CN(CCCO)C1CCC1. The van der Waals surface area contributed by atoms with Crippen LogP contribution in [0.1, 0.15) is 52.9 Å². The summed E-state index contributed by atoms with van der Waals surface area (Å²) >= 11 is 0. The van der Waals surface area contributed by atoms with Crippen molar-refractivity contribution in [2.24, 2.45) is 0 Å². The Kier molecular flexibility index (Phi) is 6.09. The number of hydrogen-bond acceptors (Lipinski definition) is 3. The molecule has 0 aromatic rings. The van der Waals surface area contributed by atoms with Crippen molar-refractivity contribution in [1.29, 1.82) is 0 Å². The Bertz CT molecular complexity index is 263. The highest BCUT2D eigenvalue weighted by Crippen LogP contribution is 2.24. The van der Waals surface area contributed by atoms with Crippen LogP contribution in [0.2, 0.25) is 0 Å². The molecule has 0 heterocycles. The quantitative estimate of drug-likeness (QED) is 0.692. The summed E-state index contributed by atoms with van der Waals surface area (Å²) in [5, 5.41) is 12.0. The fourth-order valence-corrected chi connectivity index (χ4v) is 2.11. The lowest BCUT2D eigenvalue weighted by Gasteiger charge is -2.37. The summed E-state index contributed by atoms with van der Waals surface area (Å²) in [6.07, 6.45) is 5.33. The molecule has 0 unspecified atom stereocenters. The van der Waals surface area contributed by atoms with Crippen molar-refractivity contribution in [3.8, 4) is 0 Å². The number of nitrogens with one attached hydrogen (secondary N) is 1. The summed E-state index contributed by atoms with van der Waals surface area (Å²) in [6, 6.07) is 0.548. The molecule has 0 spiro atoms. The minimum absolute atomic E-state index is 0.103. The van der Waals surface area contributed by atoms with E-state index in [0.29, 0.717) is 12.6 Å². The average molecular weight is 256 g/mol. The molecule has 0 aliphatic heterocycles. The maximum atomic E-state index is 12.0. The van der Waals surface area contributed by atoms with Crippen molar-refractivity contribution in [2.75, 3.05) is 19.7 Å². The van der Waals surface area contributed by atoms with Gasteiger partial charge in [0.25, 0.3) is 0 Å².